The van der Waals surface area contributed by atoms with Gasteiger partial charge in [0.25, 0.3) is 5.91 Å². The van der Waals surface area contributed by atoms with E-state index in [4.69, 9.17) is 30.5 Å². The molecule has 4 heterocycles. The Labute approximate surface area is 210 Å². The van der Waals surface area contributed by atoms with Crippen LogP contribution in [0.15, 0.2) is 76.9 Å². The van der Waals surface area contributed by atoms with Crippen LogP contribution in [0.3, 0.4) is 0 Å². The topological polar surface area (TPSA) is 69.2 Å². The van der Waals surface area contributed by atoms with Crippen molar-refractivity contribution in [2.24, 2.45) is 0 Å². The van der Waals surface area contributed by atoms with E-state index in [1.54, 1.807) is 40.7 Å². The van der Waals surface area contributed by atoms with Crippen LogP contribution < -0.4 is 9.47 Å². The van der Waals surface area contributed by atoms with Crippen LogP contribution in [-0.2, 0) is 13.0 Å². The van der Waals surface area contributed by atoms with Crippen LogP contribution in [0.5, 0.6) is 11.5 Å². The molecule has 9 heteroatoms. The molecule has 7 nitrogen and oxygen atoms in total. The highest BCUT2D eigenvalue weighted by atomic mass is 35.5. The molecule has 1 amide bonds. The minimum absolute atomic E-state index is 0.0985. The smallest absolute Gasteiger partial charge is 0.254 e. The van der Waals surface area contributed by atoms with Crippen molar-refractivity contribution in [2.75, 3.05) is 13.3 Å². The number of amides is 1. The summed E-state index contributed by atoms with van der Waals surface area (Å²) < 4.78 is 18.5. The molecule has 0 saturated carbocycles. The Hall–Kier alpha value is -3.75. The fraction of sp³-hybridized carbons (Fsp3) is 0.154. The Morgan fingerprint density at radius 1 is 1.11 bits per heavy atom. The molecule has 0 N–H and O–H groups in total. The number of nitrogens with zero attached hydrogens (tertiary/aromatic N) is 3. The van der Waals surface area contributed by atoms with Gasteiger partial charge in [0.05, 0.1) is 18.5 Å². The highest BCUT2D eigenvalue weighted by molar-refractivity contribution is 7.15. The quantitative estimate of drug-likeness (QED) is 0.274. The maximum atomic E-state index is 13.5. The number of furan rings is 1. The van der Waals surface area contributed by atoms with Crippen molar-refractivity contribution in [3.05, 3.63) is 94.5 Å². The van der Waals surface area contributed by atoms with E-state index in [-0.39, 0.29) is 12.7 Å². The van der Waals surface area contributed by atoms with Gasteiger partial charge in [0, 0.05) is 46.4 Å². The summed E-state index contributed by atoms with van der Waals surface area (Å²) in [6.45, 7) is 1.04. The van der Waals surface area contributed by atoms with Gasteiger partial charge in [-0.1, -0.05) is 23.7 Å². The first kappa shape index (κ1) is 21.8. The zero-order chi connectivity index (χ0) is 23.8. The summed E-state index contributed by atoms with van der Waals surface area (Å²) in [7, 11) is 0. The van der Waals surface area contributed by atoms with Crippen LogP contribution in [0.1, 0.15) is 21.8 Å². The first-order chi connectivity index (χ1) is 17.1. The van der Waals surface area contributed by atoms with Crippen molar-refractivity contribution in [1.29, 1.82) is 0 Å². The van der Waals surface area contributed by atoms with Gasteiger partial charge in [-0.15, -0.1) is 11.3 Å². The Bertz CT molecular complexity index is 1490. The number of hydrogen-bond donors (Lipinski definition) is 0. The van der Waals surface area contributed by atoms with Gasteiger partial charge in [0.1, 0.15) is 5.76 Å². The molecule has 6 rings (SSSR count). The number of carbonyl (C=O) groups is 1. The SMILES string of the molecule is O=C(c1ccc2c(c1)OCO2)N(CCc1csc2nc(-c3ccc(Cl)cc3)cn12)Cc1ccco1. The van der Waals surface area contributed by atoms with Gasteiger partial charge in [-0.05, 0) is 42.5 Å². The second kappa shape index (κ2) is 9.13. The molecular weight excluding hydrogens is 486 g/mol. The Morgan fingerprint density at radius 2 is 1.97 bits per heavy atom. The largest absolute Gasteiger partial charge is 0.467 e. The van der Waals surface area contributed by atoms with E-state index in [1.807, 2.05) is 42.6 Å². The zero-order valence-electron chi connectivity index (χ0n) is 18.5. The first-order valence-electron chi connectivity index (χ1n) is 11.1. The fourth-order valence-corrected chi connectivity index (χ4v) is 5.11. The molecule has 0 saturated heterocycles. The van der Waals surface area contributed by atoms with Crippen LogP contribution in [0.2, 0.25) is 5.02 Å². The molecule has 1 aliphatic rings. The summed E-state index contributed by atoms with van der Waals surface area (Å²) in [4.78, 5) is 20.9. The molecule has 0 fully saturated rings. The van der Waals surface area contributed by atoms with Crippen molar-refractivity contribution in [3.63, 3.8) is 0 Å². The number of rotatable bonds is 7. The summed E-state index contributed by atoms with van der Waals surface area (Å²) >= 11 is 7.61. The maximum Gasteiger partial charge on any atom is 0.254 e. The predicted octanol–water partition coefficient (Wildman–Crippen LogP) is 5.92. The van der Waals surface area contributed by atoms with Crippen molar-refractivity contribution in [3.8, 4) is 22.8 Å². The average molecular weight is 506 g/mol. The summed E-state index contributed by atoms with van der Waals surface area (Å²) in [5.41, 5.74) is 3.52. The zero-order valence-corrected chi connectivity index (χ0v) is 20.1. The third kappa shape index (κ3) is 4.38. The Kier molecular flexibility index (Phi) is 5.67. The van der Waals surface area contributed by atoms with E-state index in [0.29, 0.717) is 41.6 Å². The molecule has 5 aromatic rings. The number of carbonyl (C=O) groups excluding carboxylic acids is 1. The van der Waals surface area contributed by atoms with E-state index in [2.05, 4.69) is 9.78 Å². The second-order valence-electron chi connectivity index (χ2n) is 8.14. The van der Waals surface area contributed by atoms with Gasteiger partial charge >= 0.3 is 0 Å². The lowest BCUT2D eigenvalue weighted by molar-refractivity contribution is 0.0732. The van der Waals surface area contributed by atoms with E-state index < -0.39 is 0 Å². The maximum absolute atomic E-state index is 13.5. The molecule has 0 atom stereocenters. The molecule has 0 spiro atoms. The Balaban J connectivity index is 1.24. The number of halogens is 1. The summed E-state index contributed by atoms with van der Waals surface area (Å²) in [6, 6.07) is 16.6. The van der Waals surface area contributed by atoms with Crippen LogP contribution >= 0.6 is 22.9 Å². The van der Waals surface area contributed by atoms with Crippen LogP contribution in [0.4, 0.5) is 0 Å². The number of aromatic nitrogens is 2. The standard InChI is InChI=1S/C26H20ClN3O4S/c27-19-6-3-17(4-7-19)22-14-30-20(15-35-26(30)28-22)9-10-29(13-21-2-1-11-32-21)25(31)18-5-8-23-24(12-18)34-16-33-23/h1-8,11-12,14-15H,9-10,13,16H2. The number of fused-ring (bicyclic) bond motifs is 2. The van der Waals surface area contributed by atoms with E-state index >= 15 is 0 Å². The number of thiazole rings is 1. The van der Waals surface area contributed by atoms with Crippen molar-refractivity contribution < 1.29 is 18.7 Å². The van der Waals surface area contributed by atoms with E-state index in [9.17, 15) is 4.79 Å². The Morgan fingerprint density at radius 3 is 2.80 bits per heavy atom. The highest BCUT2D eigenvalue weighted by Gasteiger charge is 2.22. The third-order valence-corrected chi connectivity index (χ3v) is 7.04. The molecular formula is C26H20ClN3O4S. The highest BCUT2D eigenvalue weighted by Crippen LogP contribution is 2.33. The van der Waals surface area contributed by atoms with E-state index in [0.717, 1.165) is 27.7 Å². The van der Waals surface area contributed by atoms with Crippen molar-refractivity contribution in [1.82, 2.24) is 14.3 Å². The molecule has 0 aliphatic carbocycles. The normalized spacial score (nSPS) is 12.4. The third-order valence-electron chi connectivity index (χ3n) is 5.89. The fourth-order valence-electron chi connectivity index (χ4n) is 4.07. The number of imidazole rings is 1. The van der Waals surface area contributed by atoms with Gasteiger partial charge in [0.15, 0.2) is 16.5 Å². The average Bonchev–Trinajstić information content (AvgIpc) is 3.67. The molecule has 0 unspecified atom stereocenters. The first-order valence-corrected chi connectivity index (χ1v) is 12.3. The molecule has 1 aliphatic heterocycles. The van der Waals surface area contributed by atoms with Crippen LogP contribution in [0, 0.1) is 0 Å². The molecule has 0 bridgehead atoms. The van der Waals surface area contributed by atoms with Crippen LogP contribution in [0.25, 0.3) is 16.2 Å². The molecule has 3 aromatic heterocycles. The molecule has 0 radical (unpaired) electrons. The van der Waals surface area contributed by atoms with E-state index in [1.165, 1.54) is 0 Å². The van der Waals surface area contributed by atoms with Gasteiger partial charge < -0.3 is 18.8 Å². The number of ether oxygens (including phenoxy) is 2. The van der Waals surface area contributed by atoms with Gasteiger partial charge in [-0.2, -0.15) is 0 Å². The molecule has 2 aromatic carbocycles. The van der Waals surface area contributed by atoms with Gasteiger partial charge in [-0.3, -0.25) is 9.20 Å². The number of benzene rings is 2. The van der Waals surface area contributed by atoms with Gasteiger partial charge in [-0.25, -0.2) is 4.98 Å². The summed E-state index contributed by atoms with van der Waals surface area (Å²) in [5, 5.41) is 2.78. The lowest BCUT2D eigenvalue weighted by Gasteiger charge is -2.22. The minimum Gasteiger partial charge on any atom is -0.467 e. The monoisotopic (exact) mass is 505 g/mol. The minimum atomic E-state index is -0.0985. The summed E-state index contributed by atoms with van der Waals surface area (Å²) in [5.74, 6) is 1.86. The predicted molar refractivity (Wildman–Crippen MR) is 133 cm³/mol. The van der Waals surface area contributed by atoms with Crippen molar-refractivity contribution in [2.45, 2.75) is 13.0 Å². The number of hydrogen-bond acceptors (Lipinski definition) is 6. The van der Waals surface area contributed by atoms with Crippen LogP contribution in [-0.4, -0.2) is 33.5 Å². The van der Waals surface area contributed by atoms with Gasteiger partial charge in [0.2, 0.25) is 6.79 Å². The second-order valence-corrected chi connectivity index (χ2v) is 9.41. The molecule has 35 heavy (non-hydrogen) atoms. The lowest BCUT2D eigenvalue weighted by Crippen LogP contribution is -2.32. The summed E-state index contributed by atoms with van der Waals surface area (Å²) in [6.07, 6.45) is 4.30. The molecule has 176 valence electrons. The lowest BCUT2D eigenvalue weighted by atomic mass is 10.1. The van der Waals surface area contributed by atoms with Crippen molar-refractivity contribution >= 4 is 33.8 Å².